The number of carbonyl (C=O) groups is 2. The number of anilines is 3. The van der Waals surface area contributed by atoms with Gasteiger partial charge < -0.3 is 25.4 Å². The number of aryl methyl sites for hydroxylation is 2. The fourth-order valence-electron chi connectivity index (χ4n) is 3.26. The van der Waals surface area contributed by atoms with Crippen LogP contribution in [-0.2, 0) is 9.59 Å². The summed E-state index contributed by atoms with van der Waals surface area (Å²) in [6.45, 7) is 3.98. The summed E-state index contributed by atoms with van der Waals surface area (Å²) in [4.78, 5) is 26.3. The number of ether oxygens (including phenoxy) is 2. The van der Waals surface area contributed by atoms with E-state index in [1.165, 1.54) is 0 Å². The third kappa shape index (κ3) is 3.40. The highest BCUT2D eigenvalue weighted by molar-refractivity contribution is 6.08. The normalized spacial score (nSPS) is 15.8. The molecule has 2 aromatic rings. The monoisotopic (exact) mass is 369 g/mol. The number of hydrogen-bond acceptors (Lipinski definition) is 5. The number of carbonyl (C=O) groups excluding carboxylic acids is 2. The van der Waals surface area contributed by atoms with Crippen LogP contribution in [-0.4, -0.2) is 32.1 Å². The van der Waals surface area contributed by atoms with Crippen molar-refractivity contribution in [3.05, 3.63) is 41.5 Å². The molecule has 0 radical (unpaired) electrons. The number of fused-ring (bicyclic) bond motifs is 1. The summed E-state index contributed by atoms with van der Waals surface area (Å²) in [6.07, 6.45) is -0.126. The van der Waals surface area contributed by atoms with Crippen LogP contribution in [0.25, 0.3) is 0 Å². The molecule has 1 unspecified atom stereocenters. The van der Waals surface area contributed by atoms with Gasteiger partial charge in [0.2, 0.25) is 11.8 Å². The summed E-state index contributed by atoms with van der Waals surface area (Å²) in [5, 5.41) is 2.89. The number of methoxy groups -OCH3 is 2. The lowest BCUT2D eigenvalue weighted by Crippen LogP contribution is -2.47. The molecular weight excluding hydrogens is 346 g/mol. The Bertz CT molecular complexity index is 910. The van der Waals surface area contributed by atoms with Crippen LogP contribution in [0, 0.1) is 13.8 Å². The average Bonchev–Trinajstić information content (AvgIpc) is 2.63. The zero-order chi connectivity index (χ0) is 19.7. The minimum Gasteiger partial charge on any atom is -0.497 e. The molecule has 7 nitrogen and oxygen atoms in total. The molecule has 7 heteroatoms. The van der Waals surface area contributed by atoms with Crippen LogP contribution >= 0.6 is 0 Å². The highest BCUT2D eigenvalue weighted by atomic mass is 16.5. The van der Waals surface area contributed by atoms with Gasteiger partial charge in [0.05, 0.1) is 37.7 Å². The van der Waals surface area contributed by atoms with Crippen molar-refractivity contribution in [3.8, 4) is 11.5 Å². The van der Waals surface area contributed by atoms with E-state index in [9.17, 15) is 9.59 Å². The van der Waals surface area contributed by atoms with Gasteiger partial charge in [0.15, 0.2) is 0 Å². The average molecular weight is 369 g/mol. The lowest BCUT2D eigenvalue weighted by molar-refractivity contribution is -0.123. The molecule has 3 N–H and O–H groups in total. The van der Waals surface area contributed by atoms with Crippen molar-refractivity contribution in [2.24, 2.45) is 5.73 Å². The molecule has 0 saturated heterocycles. The molecule has 1 aliphatic rings. The van der Waals surface area contributed by atoms with Crippen LogP contribution in [0.1, 0.15) is 17.5 Å². The lowest BCUT2D eigenvalue weighted by atomic mass is 9.99. The smallest absolute Gasteiger partial charge is 0.248 e. The Balaban J connectivity index is 2.27. The van der Waals surface area contributed by atoms with Gasteiger partial charge in [-0.15, -0.1) is 0 Å². The van der Waals surface area contributed by atoms with E-state index in [4.69, 9.17) is 15.2 Å². The number of benzene rings is 2. The summed E-state index contributed by atoms with van der Waals surface area (Å²) in [5.41, 5.74) is 9.62. The minimum absolute atomic E-state index is 0.126. The fourth-order valence-corrected chi connectivity index (χ4v) is 3.26. The van der Waals surface area contributed by atoms with Gasteiger partial charge >= 0.3 is 0 Å². The Kier molecular flexibility index (Phi) is 4.94. The lowest BCUT2D eigenvalue weighted by Gasteiger charge is -2.38. The van der Waals surface area contributed by atoms with E-state index in [2.05, 4.69) is 5.32 Å². The first-order valence-electron chi connectivity index (χ1n) is 8.57. The summed E-state index contributed by atoms with van der Waals surface area (Å²) < 4.78 is 10.9. The Morgan fingerprint density at radius 1 is 1.11 bits per heavy atom. The maximum Gasteiger partial charge on any atom is 0.248 e. The van der Waals surface area contributed by atoms with Gasteiger partial charge in [0, 0.05) is 6.07 Å². The van der Waals surface area contributed by atoms with Gasteiger partial charge in [-0.2, -0.15) is 0 Å². The molecule has 27 heavy (non-hydrogen) atoms. The van der Waals surface area contributed by atoms with Gasteiger partial charge in [-0.05, 0) is 49.2 Å². The van der Waals surface area contributed by atoms with Crippen LogP contribution in [0.5, 0.6) is 11.5 Å². The second-order valence-corrected chi connectivity index (χ2v) is 6.54. The number of nitrogens with two attached hydrogens (primary N) is 1. The molecule has 0 fully saturated rings. The first kappa shape index (κ1) is 18.6. The van der Waals surface area contributed by atoms with Crippen molar-refractivity contribution in [2.45, 2.75) is 26.3 Å². The van der Waals surface area contributed by atoms with Crippen LogP contribution in [0.3, 0.4) is 0 Å². The van der Waals surface area contributed by atoms with E-state index < -0.39 is 11.9 Å². The highest BCUT2D eigenvalue weighted by Gasteiger charge is 2.37. The van der Waals surface area contributed by atoms with E-state index in [0.29, 0.717) is 22.9 Å². The Morgan fingerprint density at radius 3 is 2.44 bits per heavy atom. The van der Waals surface area contributed by atoms with Crippen LogP contribution in [0.15, 0.2) is 30.3 Å². The maximum atomic E-state index is 12.8. The van der Waals surface area contributed by atoms with Crippen molar-refractivity contribution in [1.82, 2.24) is 0 Å². The van der Waals surface area contributed by atoms with E-state index in [-0.39, 0.29) is 12.3 Å². The number of amides is 2. The van der Waals surface area contributed by atoms with Crippen LogP contribution in [0.4, 0.5) is 17.1 Å². The van der Waals surface area contributed by atoms with E-state index in [0.717, 1.165) is 16.8 Å². The Morgan fingerprint density at radius 2 is 1.81 bits per heavy atom. The third-order valence-corrected chi connectivity index (χ3v) is 4.78. The van der Waals surface area contributed by atoms with Crippen molar-refractivity contribution in [2.75, 3.05) is 24.4 Å². The van der Waals surface area contributed by atoms with Crippen molar-refractivity contribution < 1.29 is 19.1 Å². The number of nitrogens with one attached hydrogen (secondary N) is 1. The number of hydrogen-bond donors (Lipinski definition) is 2. The second-order valence-electron chi connectivity index (χ2n) is 6.54. The molecule has 0 aromatic heterocycles. The van der Waals surface area contributed by atoms with Crippen molar-refractivity contribution in [1.29, 1.82) is 0 Å². The van der Waals surface area contributed by atoms with Gasteiger partial charge in [-0.25, -0.2) is 0 Å². The molecule has 0 spiro atoms. The molecule has 1 heterocycles. The maximum absolute atomic E-state index is 12.8. The summed E-state index contributed by atoms with van der Waals surface area (Å²) in [5.74, 6) is 0.313. The number of primary amides is 1. The zero-order valence-electron chi connectivity index (χ0n) is 15.8. The largest absolute Gasteiger partial charge is 0.497 e. The topological polar surface area (TPSA) is 93.9 Å². The predicted molar refractivity (Wildman–Crippen MR) is 104 cm³/mol. The third-order valence-electron chi connectivity index (χ3n) is 4.78. The summed E-state index contributed by atoms with van der Waals surface area (Å²) in [7, 11) is 3.12. The second kappa shape index (κ2) is 7.19. The molecule has 142 valence electrons. The molecule has 2 aromatic carbocycles. The first-order valence-corrected chi connectivity index (χ1v) is 8.57. The van der Waals surface area contributed by atoms with E-state index >= 15 is 0 Å². The Labute approximate surface area is 158 Å². The molecular formula is C20H23N3O4. The van der Waals surface area contributed by atoms with Crippen molar-refractivity contribution in [3.63, 3.8) is 0 Å². The molecule has 0 aliphatic carbocycles. The molecule has 0 bridgehead atoms. The van der Waals surface area contributed by atoms with Crippen LogP contribution < -0.4 is 25.4 Å². The van der Waals surface area contributed by atoms with E-state index in [1.807, 2.05) is 26.0 Å². The van der Waals surface area contributed by atoms with Crippen LogP contribution in [0.2, 0.25) is 0 Å². The fraction of sp³-hybridized carbons (Fsp3) is 0.300. The van der Waals surface area contributed by atoms with Gasteiger partial charge in [0.25, 0.3) is 0 Å². The molecule has 2 amide bonds. The zero-order valence-corrected chi connectivity index (χ0v) is 15.8. The quantitative estimate of drug-likeness (QED) is 0.845. The number of rotatable bonds is 5. The van der Waals surface area contributed by atoms with Crippen molar-refractivity contribution >= 4 is 28.9 Å². The standard InChI is InChI=1S/C20H23N3O4/c1-11-7-14-15(8-12(11)2)23(17(10-19(21)24)20(25)22-14)16-9-13(26-3)5-6-18(16)27-4/h5-9,17H,10H2,1-4H3,(H2,21,24)(H,22,25). The minimum atomic E-state index is -0.793. The molecule has 1 aliphatic heterocycles. The highest BCUT2D eigenvalue weighted by Crippen LogP contribution is 2.44. The SMILES string of the molecule is COc1ccc(OC)c(N2c3cc(C)c(C)cc3NC(=O)C2CC(N)=O)c1. The summed E-state index contributed by atoms with van der Waals surface area (Å²) >= 11 is 0. The predicted octanol–water partition coefficient (Wildman–Crippen LogP) is 2.65. The van der Waals surface area contributed by atoms with Gasteiger partial charge in [-0.1, -0.05) is 0 Å². The molecule has 0 saturated carbocycles. The Hall–Kier alpha value is -3.22. The number of nitrogens with zero attached hydrogens (tertiary/aromatic N) is 1. The first-order chi connectivity index (χ1) is 12.8. The molecule has 3 rings (SSSR count). The molecule has 1 atom stereocenters. The van der Waals surface area contributed by atoms with E-state index in [1.54, 1.807) is 37.3 Å². The van der Waals surface area contributed by atoms with Gasteiger partial charge in [-0.3, -0.25) is 9.59 Å². The summed E-state index contributed by atoms with van der Waals surface area (Å²) in [6, 6.07) is 8.43. The van der Waals surface area contributed by atoms with Gasteiger partial charge in [0.1, 0.15) is 17.5 Å².